The van der Waals surface area contributed by atoms with Crippen LogP contribution in [0.25, 0.3) is 0 Å². The summed E-state index contributed by atoms with van der Waals surface area (Å²) in [4.78, 5) is 14.2. The normalized spacial score (nSPS) is 14.4. The number of fused-ring (bicyclic) bond motifs is 1. The smallest absolute Gasteiger partial charge is 0.238 e. The number of thiophene rings is 1. The average Bonchev–Trinajstić information content (AvgIpc) is 3.17. The SMILES string of the molecule is Cc1nnc(S[C@@H](C)C(=O)Nc2sc3c(c2C#N)CCCCC3)n1Cc1ccccc1. The van der Waals surface area contributed by atoms with E-state index in [1.807, 2.05) is 36.6 Å². The fraction of sp³-hybridized carbons (Fsp3) is 0.391. The Hall–Kier alpha value is -2.63. The van der Waals surface area contributed by atoms with E-state index in [-0.39, 0.29) is 11.2 Å². The molecule has 31 heavy (non-hydrogen) atoms. The van der Waals surface area contributed by atoms with Crippen LogP contribution >= 0.6 is 23.1 Å². The molecule has 0 unspecified atom stereocenters. The molecule has 0 bridgehead atoms. The number of nitriles is 1. The van der Waals surface area contributed by atoms with Gasteiger partial charge in [-0.15, -0.1) is 21.5 Å². The van der Waals surface area contributed by atoms with Gasteiger partial charge in [-0.1, -0.05) is 48.5 Å². The molecule has 1 aliphatic rings. The minimum Gasteiger partial charge on any atom is -0.316 e. The summed E-state index contributed by atoms with van der Waals surface area (Å²) in [6.45, 7) is 4.44. The highest BCUT2D eigenvalue weighted by molar-refractivity contribution is 8.00. The highest BCUT2D eigenvalue weighted by Crippen LogP contribution is 2.37. The third kappa shape index (κ3) is 4.83. The van der Waals surface area contributed by atoms with Crippen molar-refractivity contribution in [2.24, 2.45) is 0 Å². The molecule has 1 atom stereocenters. The Morgan fingerprint density at radius 3 is 2.81 bits per heavy atom. The van der Waals surface area contributed by atoms with E-state index < -0.39 is 0 Å². The first-order chi connectivity index (χ1) is 15.1. The van der Waals surface area contributed by atoms with Gasteiger partial charge >= 0.3 is 0 Å². The number of nitrogens with one attached hydrogen (secondary N) is 1. The number of anilines is 1. The Bertz CT molecular complexity index is 1110. The van der Waals surface area contributed by atoms with Gasteiger partial charge in [-0.3, -0.25) is 4.79 Å². The molecule has 0 saturated heterocycles. The second-order valence-electron chi connectivity index (χ2n) is 7.73. The van der Waals surface area contributed by atoms with Gasteiger partial charge in [0.05, 0.1) is 17.4 Å². The summed E-state index contributed by atoms with van der Waals surface area (Å²) in [7, 11) is 0. The van der Waals surface area contributed by atoms with Crippen molar-refractivity contribution in [1.82, 2.24) is 14.8 Å². The van der Waals surface area contributed by atoms with E-state index in [9.17, 15) is 10.1 Å². The van der Waals surface area contributed by atoms with Crippen molar-refractivity contribution in [3.05, 3.63) is 57.7 Å². The zero-order chi connectivity index (χ0) is 21.8. The molecule has 8 heteroatoms. The summed E-state index contributed by atoms with van der Waals surface area (Å²) in [6.07, 6.45) is 5.38. The third-order valence-corrected chi connectivity index (χ3v) is 7.79. The van der Waals surface area contributed by atoms with Crippen molar-refractivity contribution in [2.45, 2.75) is 62.9 Å². The Balaban J connectivity index is 1.47. The van der Waals surface area contributed by atoms with Crippen LogP contribution in [0.1, 0.15) is 53.6 Å². The average molecular weight is 452 g/mol. The molecule has 1 N–H and O–H groups in total. The second kappa shape index (κ2) is 9.67. The summed E-state index contributed by atoms with van der Waals surface area (Å²) in [5.74, 6) is 0.692. The highest BCUT2D eigenvalue weighted by Gasteiger charge is 2.24. The van der Waals surface area contributed by atoms with Gasteiger partial charge in [0.15, 0.2) is 5.16 Å². The fourth-order valence-electron chi connectivity index (χ4n) is 3.77. The number of amides is 1. The molecular weight excluding hydrogens is 426 g/mol. The van der Waals surface area contributed by atoms with Crippen LogP contribution in [0.15, 0.2) is 35.5 Å². The molecule has 2 aromatic heterocycles. The number of hydrogen-bond donors (Lipinski definition) is 1. The van der Waals surface area contributed by atoms with Crippen LogP contribution in [0.2, 0.25) is 0 Å². The van der Waals surface area contributed by atoms with E-state index in [1.165, 1.54) is 23.1 Å². The number of thioether (sulfide) groups is 1. The summed E-state index contributed by atoms with van der Waals surface area (Å²) >= 11 is 2.95. The maximum atomic E-state index is 12.9. The molecular formula is C23H25N5OS2. The maximum Gasteiger partial charge on any atom is 0.238 e. The number of benzene rings is 1. The van der Waals surface area contributed by atoms with E-state index in [0.717, 1.165) is 42.6 Å². The van der Waals surface area contributed by atoms with Gasteiger partial charge in [-0.05, 0) is 50.7 Å². The van der Waals surface area contributed by atoms with Crippen LogP contribution in [-0.4, -0.2) is 25.9 Å². The molecule has 1 aliphatic carbocycles. The highest BCUT2D eigenvalue weighted by atomic mass is 32.2. The van der Waals surface area contributed by atoms with Gasteiger partial charge in [-0.2, -0.15) is 5.26 Å². The zero-order valence-electron chi connectivity index (χ0n) is 17.7. The van der Waals surface area contributed by atoms with Crippen LogP contribution in [0.4, 0.5) is 5.00 Å². The number of aryl methyl sites for hydroxylation is 2. The standard InChI is InChI=1S/C23H25N5OS2/c1-15(30-23-27-26-16(2)28(23)14-17-9-5-3-6-10-17)21(29)25-22-19(13-24)18-11-7-4-8-12-20(18)31-22/h3,5-6,9-10,15H,4,7-8,11-12,14H2,1-2H3,(H,25,29)/t15-/m0/s1. The van der Waals surface area contributed by atoms with Gasteiger partial charge in [0.1, 0.15) is 16.9 Å². The maximum absolute atomic E-state index is 12.9. The minimum absolute atomic E-state index is 0.121. The summed E-state index contributed by atoms with van der Waals surface area (Å²) in [6, 6.07) is 12.5. The van der Waals surface area contributed by atoms with E-state index in [1.54, 1.807) is 11.3 Å². The molecule has 0 saturated carbocycles. The number of nitrogens with zero attached hydrogens (tertiary/aromatic N) is 4. The first-order valence-electron chi connectivity index (χ1n) is 10.5. The fourth-order valence-corrected chi connectivity index (χ4v) is 5.91. The zero-order valence-corrected chi connectivity index (χ0v) is 19.4. The molecule has 6 nitrogen and oxygen atoms in total. The molecule has 0 spiro atoms. The summed E-state index contributed by atoms with van der Waals surface area (Å²) < 4.78 is 2.03. The van der Waals surface area contributed by atoms with Crippen LogP contribution in [0.3, 0.4) is 0 Å². The monoisotopic (exact) mass is 451 g/mol. The molecule has 4 rings (SSSR count). The number of carbonyl (C=O) groups excluding carboxylic acids is 1. The van der Waals surface area contributed by atoms with Crippen molar-refractivity contribution >= 4 is 34.0 Å². The second-order valence-corrected chi connectivity index (χ2v) is 10.1. The number of carbonyl (C=O) groups is 1. The van der Waals surface area contributed by atoms with Gasteiger partial charge in [-0.25, -0.2) is 0 Å². The Kier molecular flexibility index (Phi) is 6.73. The Morgan fingerprint density at radius 2 is 2.03 bits per heavy atom. The van der Waals surface area contributed by atoms with E-state index in [0.29, 0.717) is 22.3 Å². The van der Waals surface area contributed by atoms with Crippen molar-refractivity contribution < 1.29 is 4.79 Å². The van der Waals surface area contributed by atoms with Crippen LogP contribution in [-0.2, 0) is 24.2 Å². The van der Waals surface area contributed by atoms with Crippen LogP contribution < -0.4 is 5.32 Å². The lowest BCUT2D eigenvalue weighted by molar-refractivity contribution is -0.115. The molecule has 2 heterocycles. The third-order valence-electron chi connectivity index (χ3n) is 5.51. The van der Waals surface area contributed by atoms with Crippen molar-refractivity contribution in [2.75, 3.05) is 5.32 Å². The minimum atomic E-state index is -0.369. The van der Waals surface area contributed by atoms with E-state index in [4.69, 9.17) is 0 Å². The van der Waals surface area contributed by atoms with Gasteiger partial charge < -0.3 is 9.88 Å². The van der Waals surface area contributed by atoms with E-state index >= 15 is 0 Å². The van der Waals surface area contributed by atoms with Gasteiger partial charge in [0, 0.05) is 4.88 Å². The predicted molar refractivity (Wildman–Crippen MR) is 125 cm³/mol. The largest absolute Gasteiger partial charge is 0.316 e. The topological polar surface area (TPSA) is 83.6 Å². The van der Waals surface area contributed by atoms with Crippen LogP contribution in [0, 0.1) is 18.3 Å². The number of rotatable bonds is 6. The number of aromatic nitrogens is 3. The first kappa shape index (κ1) is 21.6. The van der Waals surface area contributed by atoms with Crippen molar-refractivity contribution in [3.8, 4) is 6.07 Å². The van der Waals surface area contributed by atoms with E-state index in [2.05, 4.69) is 33.7 Å². The summed E-state index contributed by atoms with van der Waals surface area (Å²) in [5, 5.41) is 22.2. The quantitative estimate of drug-likeness (QED) is 0.423. The van der Waals surface area contributed by atoms with Gasteiger partial charge in [0.2, 0.25) is 5.91 Å². The molecule has 3 aromatic rings. The predicted octanol–water partition coefficient (Wildman–Crippen LogP) is 4.96. The molecule has 160 valence electrons. The lowest BCUT2D eigenvalue weighted by atomic mass is 10.1. The Morgan fingerprint density at radius 1 is 1.26 bits per heavy atom. The lowest BCUT2D eigenvalue weighted by Gasteiger charge is -2.13. The van der Waals surface area contributed by atoms with Crippen molar-refractivity contribution in [1.29, 1.82) is 5.26 Å². The molecule has 0 radical (unpaired) electrons. The van der Waals surface area contributed by atoms with Crippen LogP contribution in [0.5, 0.6) is 0 Å². The lowest BCUT2D eigenvalue weighted by Crippen LogP contribution is -2.23. The molecule has 1 aromatic carbocycles. The van der Waals surface area contributed by atoms with Gasteiger partial charge in [0.25, 0.3) is 0 Å². The first-order valence-corrected chi connectivity index (χ1v) is 12.2. The Labute approximate surface area is 190 Å². The molecule has 1 amide bonds. The number of hydrogen-bond acceptors (Lipinski definition) is 6. The summed E-state index contributed by atoms with van der Waals surface area (Å²) in [5.41, 5.74) is 2.94. The molecule has 0 aliphatic heterocycles. The molecule has 0 fully saturated rings. The van der Waals surface area contributed by atoms with Crippen molar-refractivity contribution in [3.63, 3.8) is 0 Å².